The number of rotatable bonds is 6. The molecule has 0 bridgehead atoms. The van der Waals surface area contributed by atoms with Crippen LogP contribution in [0.4, 0.5) is 5.82 Å². The molecule has 0 radical (unpaired) electrons. The van der Waals surface area contributed by atoms with Gasteiger partial charge in [0.15, 0.2) is 0 Å². The fourth-order valence-corrected chi connectivity index (χ4v) is 3.39. The molecule has 1 fully saturated rings. The number of nitrogens with zero attached hydrogens (tertiary/aromatic N) is 1. The van der Waals surface area contributed by atoms with Crippen LogP contribution in [-0.4, -0.2) is 22.1 Å². The second-order valence-corrected chi connectivity index (χ2v) is 6.14. The van der Waals surface area contributed by atoms with Crippen LogP contribution in [0, 0.1) is 11.8 Å². The summed E-state index contributed by atoms with van der Waals surface area (Å²) in [7, 11) is 0. The summed E-state index contributed by atoms with van der Waals surface area (Å²) in [6.45, 7) is 6.60. The Morgan fingerprint density at radius 1 is 1.38 bits per heavy atom. The lowest BCUT2D eigenvalue weighted by Gasteiger charge is -2.22. The number of aryl methyl sites for hydroxylation is 1. The zero-order chi connectivity index (χ0) is 15.4. The minimum absolute atomic E-state index is 0.327. The summed E-state index contributed by atoms with van der Waals surface area (Å²) in [5.41, 5.74) is 1.19. The minimum Gasteiger partial charge on any atom is -0.478 e. The lowest BCUT2D eigenvalue weighted by Crippen LogP contribution is -2.25. The van der Waals surface area contributed by atoms with Crippen molar-refractivity contribution in [3.63, 3.8) is 0 Å². The van der Waals surface area contributed by atoms with Crippen molar-refractivity contribution in [3.8, 4) is 0 Å². The molecular weight excluding hydrogens is 264 g/mol. The molecule has 21 heavy (non-hydrogen) atoms. The van der Waals surface area contributed by atoms with E-state index >= 15 is 0 Å². The number of aromatic carboxylic acids is 1. The average molecular weight is 290 g/mol. The maximum absolute atomic E-state index is 11.3. The quantitative estimate of drug-likeness (QED) is 0.832. The van der Waals surface area contributed by atoms with E-state index in [9.17, 15) is 9.90 Å². The molecule has 0 aliphatic heterocycles. The highest BCUT2D eigenvalue weighted by Gasteiger charge is 2.31. The highest BCUT2D eigenvalue weighted by atomic mass is 16.4. The zero-order valence-electron chi connectivity index (χ0n) is 13.2. The van der Waals surface area contributed by atoms with Crippen molar-refractivity contribution in [3.05, 3.63) is 23.4 Å². The Balaban J connectivity index is 2.17. The second kappa shape index (κ2) is 6.92. The van der Waals surface area contributed by atoms with Crippen molar-refractivity contribution < 1.29 is 9.90 Å². The summed E-state index contributed by atoms with van der Waals surface area (Å²) in [6.07, 6.45) is 5.38. The molecule has 1 heterocycles. The maximum Gasteiger partial charge on any atom is 0.335 e. The van der Waals surface area contributed by atoms with E-state index in [0.717, 1.165) is 30.9 Å². The van der Waals surface area contributed by atoms with E-state index in [-0.39, 0.29) is 0 Å². The predicted octanol–water partition coefficient (Wildman–Crippen LogP) is 3.97. The molecule has 116 valence electrons. The van der Waals surface area contributed by atoms with Crippen LogP contribution in [0.15, 0.2) is 12.1 Å². The van der Waals surface area contributed by atoms with E-state index in [2.05, 4.69) is 31.1 Å². The van der Waals surface area contributed by atoms with Gasteiger partial charge in [-0.15, -0.1) is 0 Å². The molecule has 1 aromatic heterocycles. The molecule has 4 heteroatoms. The van der Waals surface area contributed by atoms with Crippen LogP contribution in [-0.2, 0) is 6.42 Å². The summed E-state index contributed by atoms with van der Waals surface area (Å²) in [5.74, 6) is 1.20. The Labute approximate surface area is 127 Å². The first-order valence-corrected chi connectivity index (χ1v) is 8.05. The van der Waals surface area contributed by atoms with Crippen molar-refractivity contribution in [2.45, 2.75) is 58.9 Å². The van der Waals surface area contributed by atoms with Crippen LogP contribution in [0.25, 0.3) is 0 Å². The molecule has 0 amide bonds. The second-order valence-electron chi connectivity index (χ2n) is 6.14. The van der Waals surface area contributed by atoms with Crippen molar-refractivity contribution >= 4 is 11.8 Å². The van der Waals surface area contributed by atoms with Gasteiger partial charge in [0.1, 0.15) is 5.82 Å². The minimum atomic E-state index is -0.885. The highest BCUT2D eigenvalue weighted by molar-refractivity contribution is 5.88. The number of hydrogen-bond acceptors (Lipinski definition) is 3. The van der Waals surface area contributed by atoms with Gasteiger partial charge in [-0.25, -0.2) is 9.78 Å². The van der Waals surface area contributed by atoms with Gasteiger partial charge in [0, 0.05) is 11.7 Å². The SMILES string of the molecule is CCCc1cc(C(=O)O)cc(NC2CCC(CC)C2C)n1. The van der Waals surface area contributed by atoms with Crippen LogP contribution in [0.2, 0.25) is 0 Å². The van der Waals surface area contributed by atoms with Crippen LogP contribution >= 0.6 is 0 Å². The normalized spacial score (nSPS) is 25.0. The topological polar surface area (TPSA) is 62.2 Å². The van der Waals surface area contributed by atoms with E-state index in [0.29, 0.717) is 23.3 Å². The van der Waals surface area contributed by atoms with Gasteiger partial charge < -0.3 is 10.4 Å². The predicted molar refractivity (Wildman–Crippen MR) is 84.8 cm³/mol. The van der Waals surface area contributed by atoms with Crippen LogP contribution in [0.5, 0.6) is 0 Å². The fraction of sp³-hybridized carbons (Fsp3) is 0.647. The molecular formula is C17H26N2O2. The smallest absolute Gasteiger partial charge is 0.335 e. The molecule has 4 nitrogen and oxygen atoms in total. The van der Waals surface area contributed by atoms with Crippen molar-refractivity contribution in [1.82, 2.24) is 4.98 Å². The molecule has 1 aliphatic carbocycles. The Bertz CT molecular complexity index is 502. The number of aromatic nitrogens is 1. The lowest BCUT2D eigenvalue weighted by molar-refractivity contribution is 0.0696. The molecule has 3 atom stereocenters. The molecule has 2 N–H and O–H groups in total. The lowest BCUT2D eigenvalue weighted by atomic mass is 9.93. The van der Waals surface area contributed by atoms with Gasteiger partial charge in [-0.3, -0.25) is 0 Å². The van der Waals surface area contributed by atoms with E-state index in [1.54, 1.807) is 12.1 Å². The van der Waals surface area contributed by atoms with Crippen molar-refractivity contribution in [2.24, 2.45) is 11.8 Å². The molecule has 3 unspecified atom stereocenters. The molecule has 0 aromatic carbocycles. The van der Waals surface area contributed by atoms with Gasteiger partial charge in [0.25, 0.3) is 0 Å². The monoisotopic (exact) mass is 290 g/mol. The molecule has 1 aromatic rings. The summed E-state index contributed by atoms with van der Waals surface area (Å²) in [6, 6.07) is 3.75. The van der Waals surface area contributed by atoms with Crippen LogP contribution in [0.3, 0.4) is 0 Å². The van der Waals surface area contributed by atoms with Gasteiger partial charge in [-0.1, -0.05) is 33.6 Å². The third kappa shape index (κ3) is 3.74. The third-order valence-corrected chi connectivity index (χ3v) is 4.72. The Morgan fingerprint density at radius 2 is 2.14 bits per heavy atom. The fourth-order valence-electron chi connectivity index (χ4n) is 3.39. The van der Waals surface area contributed by atoms with E-state index < -0.39 is 5.97 Å². The molecule has 0 saturated heterocycles. The molecule has 1 saturated carbocycles. The number of anilines is 1. The highest BCUT2D eigenvalue weighted by Crippen LogP contribution is 2.35. The largest absolute Gasteiger partial charge is 0.478 e. The number of carboxylic acid groups (broad SMARTS) is 1. The molecule has 2 rings (SSSR count). The van der Waals surface area contributed by atoms with E-state index in [1.165, 1.54) is 12.8 Å². The Morgan fingerprint density at radius 3 is 2.71 bits per heavy atom. The van der Waals surface area contributed by atoms with E-state index in [1.807, 2.05) is 0 Å². The summed E-state index contributed by atoms with van der Waals surface area (Å²) < 4.78 is 0. The van der Waals surface area contributed by atoms with Crippen molar-refractivity contribution in [2.75, 3.05) is 5.32 Å². The Hall–Kier alpha value is -1.58. The number of pyridine rings is 1. The average Bonchev–Trinajstić information content (AvgIpc) is 2.79. The first kappa shape index (κ1) is 15.8. The van der Waals surface area contributed by atoms with E-state index in [4.69, 9.17) is 0 Å². The summed E-state index contributed by atoms with van der Waals surface area (Å²) >= 11 is 0. The Kier molecular flexibility index (Phi) is 5.21. The van der Waals surface area contributed by atoms with Crippen molar-refractivity contribution in [1.29, 1.82) is 0 Å². The third-order valence-electron chi connectivity index (χ3n) is 4.72. The first-order valence-electron chi connectivity index (χ1n) is 8.05. The zero-order valence-corrected chi connectivity index (χ0v) is 13.2. The van der Waals surface area contributed by atoms with Crippen LogP contribution in [0.1, 0.15) is 62.5 Å². The number of carbonyl (C=O) groups is 1. The number of hydrogen-bond donors (Lipinski definition) is 2. The molecule has 1 aliphatic rings. The number of nitrogens with one attached hydrogen (secondary N) is 1. The standard InChI is InChI=1S/C17H26N2O2/c1-4-6-14-9-13(17(20)21)10-16(18-14)19-15-8-7-12(5-2)11(15)3/h9-12,15H,4-8H2,1-3H3,(H,18,19)(H,20,21). The summed E-state index contributed by atoms with van der Waals surface area (Å²) in [4.78, 5) is 15.8. The summed E-state index contributed by atoms with van der Waals surface area (Å²) in [5, 5.41) is 12.7. The van der Waals surface area contributed by atoms with Gasteiger partial charge >= 0.3 is 5.97 Å². The first-order chi connectivity index (χ1) is 10.0. The van der Waals surface area contributed by atoms with Gasteiger partial charge in [-0.2, -0.15) is 0 Å². The van der Waals surface area contributed by atoms with Crippen LogP contribution < -0.4 is 5.32 Å². The number of carboxylic acids is 1. The van der Waals surface area contributed by atoms with Gasteiger partial charge in [0.05, 0.1) is 5.56 Å². The van der Waals surface area contributed by atoms with Gasteiger partial charge in [0.2, 0.25) is 0 Å². The van der Waals surface area contributed by atoms with Gasteiger partial charge in [-0.05, 0) is 43.2 Å². The maximum atomic E-state index is 11.3. The molecule has 0 spiro atoms.